The van der Waals surface area contributed by atoms with Crippen LogP contribution in [0.1, 0.15) is 5.89 Å². The van der Waals surface area contributed by atoms with Gasteiger partial charge in [-0.2, -0.15) is 0 Å². The molecule has 0 aliphatic rings. The first-order valence-electron chi connectivity index (χ1n) is 6.61. The van der Waals surface area contributed by atoms with Crippen LogP contribution < -0.4 is 4.72 Å². The fourth-order valence-corrected chi connectivity index (χ4v) is 3.11. The number of oxazole rings is 1. The summed E-state index contributed by atoms with van der Waals surface area (Å²) in [5, 5.41) is 0.292. The monoisotopic (exact) mass is 349 g/mol. The minimum Gasteiger partial charge on any atom is -0.449 e. The van der Waals surface area contributed by atoms with E-state index in [4.69, 9.17) is 16.0 Å². The molecule has 23 heavy (non-hydrogen) atoms. The van der Waals surface area contributed by atoms with Crippen LogP contribution >= 0.6 is 11.6 Å². The van der Waals surface area contributed by atoms with Crippen LogP contribution in [0.3, 0.4) is 0 Å². The third kappa shape index (κ3) is 3.52. The van der Waals surface area contributed by atoms with Crippen LogP contribution in [0.2, 0.25) is 5.15 Å². The predicted molar refractivity (Wildman–Crippen MR) is 86.7 cm³/mol. The highest BCUT2D eigenvalue weighted by Gasteiger charge is 2.15. The zero-order chi connectivity index (χ0) is 16.4. The van der Waals surface area contributed by atoms with Crippen LogP contribution in [-0.4, -0.2) is 18.4 Å². The number of sulfonamides is 1. The minimum atomic E-state index is -3.70. The molecule has 3 aromatic rings. The molecule has 0 atom stereocenters. The molecule has 0 saturated heterocycles. The largest absolute Gasteiger partial charge is 0.449 e. The van der Waals surface area contributed by atoms with Gasteiger partial charge in [0, 0.05) is 12.5 Å². The van der Waals surface area contributed by atoms with Crippen molar-refractivity contribution in [1.82, 2.24) is 9.97 Å². The molecule has 3 rings (SSSR count). The van der Waals surface area contributed by atoms with Crippen LogP contribution in [0, 0.1) is 6.92 Å². The highest BCUT2D eigenvalue weighted by atomic mass is 35.5. The summed E-state index contributed by atoms with van der Waals surface area (Å²) in [6.45, 7) is 1.74. The molecule has 0 radical (unpaired) electrons. The Morgan fingerprint density at radius 1 is 1.13 bits per heavy atom. The second kappa shape index (κ2) is 6.02. The molecule has 0 amide bonds. The molecule has 118 valence electrons. The van der Waals surface area contributed by atoms with Crippen molar-refractivity contribution in [1.29, 1.82) is 0 Å². The van der Waals surface area contributed by atoms with Crippen LogP contribution in [0.25, 0.3) is 11.3 Å². The number of aryl methyl sites for hydroxylation is 1. The Bertz CT molecular complexity index is 919. The first-order valence-corrected chi connectivity index (χ1v) is 8.47. The van der Waals surface area contributed by atoms with Crippen molar-refractivity contribution < 1.29 is 12.8 Å². The number of nitrogens with one attached hydrogen (secondary N) is 1. The molecule has 2 aromatic heterocycles. The van der Waals surface area contributed by atoms with Gasteiger partial charge in [0.2, 0.25) is 0 Å². The van der Waals surface area contributed by atoms with Gasteiger partial charge in [-0.05, 0) is 24.3 Å². The van der Waals surface area contributed by atoms with Crippen molar-refractivity contribution >= 4 is 27.3 Å². The van der Waals surface area contributed by atoms with Gasteiger partial charge in [-0.1, -0.05) is 23.7 Å². The molecular weight excluding hydrogens is 338 g/mol. The van der Waals surface area contributed by atoms with E-state index in [9.17, 15) is 8.42 Å². The molecule has 0 spiro atoms. The number of benzene rings is 1. The normalized spacial score (nSPS) is 11.4. The maximum atomic E-state index is 12.3. The summed E-state index contributed by atoms with van der Waals surface area (Å²) in [5.41, 5.74) is 1.76. The maximum absolute atomic E-state index is 12.3. The number of pyridine rings is 1. The average molecular weight is 350 g/mol. The molecule has 0 fully saturated rings. The van der Waals surface area contributed by atoms with Crippen molar-refractivity contribution in [2.45, 2.75) is 11.8 Å². The highest BCUT2D eigenvalue weighted by molar-refractivity contribution is 7.92. The summed E-state index contributed by atoms with van der Waals surface area (Å²) in [6.07, 6.45) is 2.88. The second-order valence-corrected chi connectivity index (χ2v) is 6.82. The van der Waals surface area contributed by atoms with Gasteiger partial charge in [-0.3, -0.25) is 4.72 Å². The lowest BCUT2D eigenvalue weighted by molar-refractivity contribution is 0.521. The van der Waals surface area contributed by atoms with E-state index in [0.29, 0.717) is 22.4 Å². The van der Waals surface area contributed by atoms with E-state index in [1.165, 1.54) is 30.7 Å². The lowest BCUT2D eigenvalue weighted by Gasteiger charge is -2.08. The Morgan fingerprint density at radius 2 is 1.87 bits per heavy atom. The Balaban J connectivity index is 1.84. The smallest absolute Gasteiger partial charge is 0.261 e. The molecule has 6 nitrogen and oxygen atoms in total. The summed E-state index contributed by atoms with van der Waals surface area (Å²) < 4.78 is 32.3. The van der Waals surface area contributed by atoms with Gasteiger partial charge < -0.3 is 4.42 Å². The van der Waals surface area contributed by atoms with E-state index < -0.39 is 10.0 Å². The zero-order valence-electron chi connectivity index (χ0n) is 12.0. The number of hydrogen-bond acceptors (Lipinski definition) is 5. The van der Waals surface area contributed by atoms with Gasteiger partial charge in [0.15, 0.2) is 5.89 Å². The number of aromatic nitrogens is 2. The number of anilines is 1. The minimum absolute atomic E-state index is 0.136. The van der Waals surface area contributed by atoms with Crippen molar-refractivity contribution in [3.05, 3.63) is 59.9 Å². The van der Waals surface area contributed by atoms with Crippen LogP contribution in [0.4, 0.5) is 5.69 Å². The fourth-order valence-electron chi connectivity index (χ4n) is 1.95. The van der Waals surface area contributed by atoms with Gasteiger partial charge in [0.1, 0.15) is 17.1 Å². The quantitative estimate of drug-likeness (QED) is 0.728. The summed E-state index contributed by atoms with van der Waals surface area (Å²) in [6, 6.07) is 9.41. The molecule has 0 aliphatic heterocycles. The van der Waals surface area contributed by atoms with Crippen LogP contribution in [0.5, 0.6) is 0 Å². The van der Waals surface area contributed by atoms with E-state index >= 15 is 0 Å². The molecule has 0 unspecified atom stereocenters. The Kier molecular flexibility index (Phi) is 4.06. The van der Waals surface area contributed by atoms with E-state index in [0.717, 1.165) is 5.56 Å². The fraction of sp³-hybridized carbons (Fsp3) is 0.0667. The average Bonchev–Trinajstić information content (AvgIpc) is 2.96. The number of nitrogens with zero attached hydrogens (tertiary/aromatic N) is 2. The van der Waals surface area contributed by atoms with Gasteiger partial charge in [0.25, 0.3) is 10.0 Å². The highest BCUT2D eigenvalue weighted by Crippen LogP contribution is 2.22. The zero-order valence-corrected chi connectivity index (χ0v) is 13.6. The summed E-state index contributed by atoms with van der Waals surface area (Å²) in [4.78, 5) is 8.16. The Morgan fingerprint density at radius 3 is 2.43 bits per heavy atom. The molecule has 8 heteroatoms. The Labute approximate surface area is 138 Å². The SMILES string of the molecule is Cc1nc(-c2ccc(S(=O)(=O)Nc3ccc(Cl)nc3)cc2)co1. The Hall–Kier alpha value is -2.38. The van der Waals surface area contributed by atoms with Gasteiger partial charge in [0.05, 0.1) is 16.8 Å². The summed E-state index contributed by atoms with van der Waals surface area (Å²) >= 11 is 5.68. The third-order valence-corrected chi connectivity index (χ3v) is 4.68. The standard InChI is InChI=1S/C15H12ClN3O3S/c1-10-18-14(9-22-10)11-2-5-13(6-3-11)23(20,21)19-12-4-7-15(16)17-8-12/h2-9,19H,1H3. The predicted octanol–water partition coefficient (Wildman–Crippen LogP) is 3.50. The van der Waals surface area contributed by atoms with E-state index in [-0.39, 0.29) is 4.90 Å². The number of halogens is 1. The summed E-state index contributed by atoms with van der Waals surface area (Å²) in [7, 11) is -3.70. The lowest BCUT2D eigenvalue weighted by atomic mass is 10.2. The number of hydrogen-bond donors (Lipinski definition) is 1. The summed E-state index contributed by atoms with van der Waals surface area (Å²) in [5.74, 6) is 0.550. The van der Waals surface area contributed by atoms with E-state index in [1.54, 1.807) is 25.1 Å². The maximum Gasteiger partial charge on any atom is 0.261 e. The molecule has 1 aromatic carbocycles. The molecule has 0 aliphatic carbocycles. The molecular formula is C15H12ClN3O3S. The first-order chi connectivity index (χ1) is 10.9. The van der Waals surface area contributed by atoms with Crippen LogP contribution in [0.15, 0.2) is 58.2 Å². The second-order valence-electron chi connectivity index (χ2n) is 4.75. The van der Waals surface area contributed by atoms with Crippen molar-refractivity contribution in [2.24, 2.45) is 0 Å². The molecule has 0 bridgehead atoms. The van der Waals surface area contributed by atoms with Gasteiger partial charge in [-0.15, -0.1) is 0 Å². The van der Waals surface area contributed by atoms with Gasteiger partial charge >= 0.3 is 0 Å². The topological polar surface area (TPSA) is 85.1 Å². The van der Waals surface area contributed by atoms with E-state index in [1.807, 2.05) is 0 Å². The van der Waals surface area contributed by atoms with Crippen molar-refractivity contribution in [3.63, 3.8) is 0 Å². The molecule has 2 heterocycles. The first kappa shape index (κ1) is 15.5. The van der Waals surface area contributed by atoms with Crippen LogP contribution in [-0.2, 0) is 10.0 Å². The molecule has 1 N–H and O–H groups in total. The van der Waals surface area contributed by atoms with Gasteiger partial charge in [-0.25, -0.2) is 18.4 Å². The van der Waals surface area contributed by atoms with E-state index in [2.05, 4.69) is 14.7 Å². The number of rotatable bonds is 4. The van der Waals surface area contributed by atoms with Crippen molar-refractivity contribution in [3.8, 4) is 11.3 Å². The van der Waals surface area contributed by atoms with Crippen molar-refractivity contribution in [2.75, 3.05) is 4.72 Å². The molecule has 0 saturated carbocycles. The third-order valence-electron chi connectivity index (χ3n) is 3.06. The lowest BCUT2D eigenvalue weighted by Crippen LogP contribution is -2.12.